The molecule has 0 fully saturated rings. The molecule has 0 bridgehead atoms. The van der Waals surface area contributed by atoms with E-state index in [4.69, 9.17) is 0 Å². The number of hydrogen-bond acceptors (Lipinski definition) is 4. The summed E-state index contributed by atoms with van der Waals surface area (Å²) in [7, 11) is 0. The fourth-order valence-electron chi connectivity index (χ4n) is 2.61. The van der Waals surface area contributed by atoms with Gasteiger partial charge >= 0.3 is 0 Å². The first-order chi connectivity index (χ1) is 11.6. The third-order valence-electron chi connectivity index (χ3n) is 3.78. The molecule has 118 valence electrons. The molecule has 4 nitrogen and oxygen atoms in total. The maximum atomic E-state index is 12.8. The van der Waals surface area contributed by atoms with Crippen molar-refractivity contribution < 1.29 is 0 Å². The summed E-state index contributed by atoms with van der Waals surface area (Å²) in [6.45, 7) is 2.00. The van der Waals surface area contributed by atoms with Crippen LogP contribution in [-0.2, 0) is 0 Å². The molecule has 0 aliphatic heterocycles. The van der Waals surface area contributed by atoms with Crippen molar-refractivity contribution in [3.8, 4) is 11.4 Å². The fourth-order valence-corrected chi connectivity index (χ4v) is 3.94. The van der Waals surface area contributed by atoms with Crippen molar-refractivity contribution in [1.82, 2.24) is 14.6 Å². The smallest absolute Gasteiger partial charge is 0.267 e. The molecule has 0 radical (unpaired) electrons. The Balaban J connectivity index is 1.95. The Labute approximate surface area is 150 Å². The molecule has 0 saturated carbocycles. The molecule has 2 aromatic carbocycles. The largest absolute Gasteiger partial charge is 0.276 e. The van der Waals surface area contributed by atoms with Crippen molar-refractivity contribution in [2.45, 2.75) is 6.92 Å². The average Bonchev–Trinajstić information content (AvgIpc) is 3.09. The Bertz CT molecular complexity index is 1160. The molecule has 4 aromatic rings. The van der Waals surface area contributed by atoms with Crippen LogP contribution >= 0.6 is 27.3 Å². The van der Waals surface area contributed by atoms with E-state index in [1.54, 1.807) is 4.40 Å². The van der Waals surface area contributed by atoms with Crippen LogP contribution in [0.4, 0.5) is 0 Å². The van der Waals surface area contributed by atoms with Crippen LogP contribution in [0.1, 0.15) is 11.1 Å². The lowest BCUT2D eigenvalue weighted by Crippen LogP contribution is -2.23. The van der Waals surface area contributed by atoms with E-state index in [2.05, 4.69) is 26.1 Å². The zero-order valence-corrected chi connectivity index (χ0v) is 15.1. The zero-order valence-electron chi connectivity index (χ0n) is 12.7. The molecule has 0 unspecified atom stereocenters. The standard InChI is InChI=1S/C18H12BrN3OS/c1-11-5-2-3-8-14(11)16-20-21-18-22(16)17(23)15(24-18)10-12-6-4-7-13(19)9-12/h2-10H,1H3. The van der Waals surface area contributed by atoms with Crippen molar-refractivity contribution in [1.29, 1.82) is 0 Å². The van der Waals surface area contributed by atoms with Crippen molar-refractivity contribution >= 4 is 38.3 Å². The molecule has 0 amide bonds. The van der Waals surface area contributed by atoms with Crippen molar-refractivity contribution in [2.75, 3.05) is 0 Å². The molecule has 6 heteroatoms. The Morgan fingerprint density at radius 3 is 2.75 bits per heavy atom. The minimum atomic E-state index is -0.0850. The van der Waals surface area contributed by atoms with Gasteiger partial charge in [0.1, 0.15) is 0 Å². The Morgan fingerprint density at radius 2 is 1.96 bits per heavy atom. The molecule has 0 aliphatic rings. The van der Waals surface area contributed by atoms with Crippen molar-refractivity contribution in [3.63, 3.8) is 0 Å². The normalized spacial score (nSPS) is 12.2. The molecular weight excluding hydrogens is 386 g/mol. The molecule has 0 spiro atoms. The van der Waals surface area contributed by atoms with Crippen LogP contribution < -0.4 is 10.1 Å². The number of benzene rings is 2. The summed E-state index contributed by atoms with van der Waals surface area (Å²) in [5.41, 5.74) is 2.87. The van der Waals surface area contributed by atoms with Crippen LogP contribution in [0.2, 0.25) is 0 Å². The maximum Gasteiger partial charge on any atom is 0.276 e. The number of halogens is 1. The van der Waals surface area contributed by atoms with Crippen LogP contribution in [0.25, 0.3) is 22.4 Å². The van der Waals surface area contributed by atoms with Crippen LogP contribution in [0.5, 0.6) is 0 Å². The fraction of sp³-hybridized carbons (Fsp3) is 0.0556. The highest BCUT2D eigenvalue weighted by Gasteiger charge is 2.15. The van der Waals surface area contributed by atoms with E-state index in [9.17, 15) is 4.79 Å². The van der Waals surface area contributed by atoms with Crippen LogP contribution in [0.3, 0.4) is 0 Å². The molecule has 0 atom stereocenters. The highest BCUT2D eigenvalue weighted by atomic mass is 79.9. The van der Waals surface area contributed by atoms with Crippen molar-refractivity contribution in [3.05, 3.63) is 79.0 Å². The maximum absolute atomic E-state index is 12.8. The van der Waals surface area contributed by atoms with Crippen LogP contribution in [0.15, 0.2) is 57.8 Å². The van der Waals surface area contributed by atoms with Crippen LogP contribution in [0, 0.1) is 6.92 Å². The predicted octanol–water partition coefficient (Wildman–Crippen LogP) is 3.44. The average molecular weight is 398 g/mol. The summed E-state index contributed by atoms with van der Waals surface area (Å²) in [5, 5.41) is 8.39. The molecule has 2 heterocycles. The van der Waals surface area contributed by atoms with Gasteiger partial charge in [-0.05, 0) is 36.3 Å². The van der Waals surface area contributed by atoms with E-state index in [0.717, 1.165) is 21.2 Å². The minimum Gasteiger partial charge on any atom is -0.267 e. The third-order valence-corrected chi connectivity index (χ3v) is 5.23. The monoisotopic (exact) mass is 397 g/mol. The number of hydrogen-bond donors (Lipinski definition) is 0. The zero-order chi connectivity index (χ0) is 16.7. The first-order valence-corrected chi connectivity index (χ1v) is 8.95. The van der Waals surface area contributed by atoms with E-state index < -0.39 is 0 Å². The van der Waals surface area contributed by atoms with E-state index in [1.807, 2.05) is 61.5 Å². The number of thiazole rings is 1. The van der Waals surface area contributed by atoms with E-state index >= 15 is 0 Å². The highest BCUT2D eigenvalue weighted by molar-refractivity contribution is 9.10. The Kier molecular flexibility index (Phi) is 3.78. The van der Waals surface area contributed by atoms with Gasteiger partial charge in [0.2, 0.25) is 4.96 Å². The molecule has 2 aromatic heterocycles. The lowest BCUT2D eigenvalue weighted by Gasteiger charge is -2.00. The third kappa shape index (κ3) is 2.57. The summed E-state index contributed by atoms with van der Waals surface area (Å²) < 4.78 is 3.22. The minimum absolute atomic E-state index is 0.0850. The van der Waals surface area contributed by atoms with E-state index in [1.165, 1.54) is 11.3 Å². The summed E-state index contributed by atoms with van der Waals surface area (Å²) >= 11 is 4.80. The number of rotatable bonds is 2. The second-order valence-electron chi connectivity index (χ2n) is 5.43. The number of fused-ring (bicyclic) bond motifs is 1. The van der Waals surface area contributed by atoms with Gasteiger partial charge in [-0.25, -0.2) is 4.40 Å². The molecule has 0 aliphatic carbocycles. The van der Waals surface area contributed by atoms with Gasteiger partial charge in [-0.15, -0.1) is 10.2 Å². The summed E-state index contributed by atoms with van der Waals surface area (Å²) in [4.78, 5) is 13.4. The van der Waals surface area contributed by atoms with Gasteiger partial charge in [-0.1, -0.05) is 63.7 Å². The van der Waals surface area contributed by atoms with Gasteiger partial charge in [0.05, 0.1) is 4.53 Å². The van der Waals surface area contributed by atoms with Gasteiger partial charge in [0.15, 0.2) is 5.82 Å². The second kappa shape index (κ2) is 5.96. The lowest BCUT2D eigenvalue weighted by atomic mass is 10.1. The molecule has 0 saturated heterocycles. The Hall–Kier alpha value is -2.31. The van der Waals surface area contributed by atoms with Gasteiger partial charge in [-0.2, -0.15) is 0 Å². The first kappa shape index (κ1) is 15.2. The molecular formula is C18H12BrN3OS. The van der Waals surface area contributed by atoms with Gasteiger partial charge in [0, 0.05) is 10.0 Å². The van der Waals surface area contributed by atoms with Crippen LogP contribution in [-0.4, -0.2) is 14.6 Å². The van der Waals surface area contributed by atoms with Gasteiger partial charge in [-0.3, -0.25) is 4.79 Å². The SMILES string of the molecule is Cc1ccccc1-c1nnc2sc(=Cc3cccc(Br)c3)c(=O)n12. The first-order valence-electron chi connectivity index (χ1n) is 7.35. The lowest BCUT2D eigenvalue weighted by molar-refractivity contribution is 1.09. The molecule has 24 heavy (non-hydrogen) atoms. The second-order valence-corrected chi connectivity index (χ2v) is 7.35. The summed E-state index contributed by atoms with van der Waals surface area (Å²) in [5.74, 6) is 0.596. The number of aromatic nitrogens is 3. The molecule has 0 N–H and O–H groups in total. The number of nitrogens with zero attached hydrogens (tertiary/aromatic N) is 3. The Morgan fingerprint density at radius 1 is 1.12 bits per heavy atom. The van der Waals surface area contributed by atoms with E-state index in [-0.39, 0.29) is 5.56 Å². The predicted molar refractivity (Wildman–Crippen MR) is 100 cm³/mol. The van der Waals surface area contributed by atoms with Crippen molar-refractivity contribution in [2.24, 2.45) is 0 Å². The quantitative estimate of drug-likeness (QED) is 0.520. The highest BCUT2D eigenvalue weighted by Crippen LogP contribution is 2.21. The summed E-state index contributed by atoms with van der Waals surface area (Å²) in [6.07, 6.45) is 1.88. The van der Waals surface area contributed by atoms with E-state index in [0.29, 0.717) is 15.3 Å². The van der Waals surface area contributed by atoms with Gasteiger partial charge < -0.3 is 0 Å². The number of aryl methyl sites for hydroxylation is 1. The summed E-state index contributed by atoms with van der Waals surface area (Å²) in [6, 6.07) is 15.7. The van der Waals surface area contributed by atoms with Gasteiger partial charge in [0.25, 0.3) is 5.56 Å². The molecule has 4 rings (SSSR count). The topological polar surface area (TPSA) is 47.3 Å².